The van der Waals surface area contributed by atoms with Crippen LogP contribution in [0, 0.1) is 20.8 Å². The lowest BCUT2D eigenvalue weighted by atomic mass is 10.0. The summed E-state index contributed by atoms with van der Waals surface area (Å²) in [6, 6.07) is 28.4. The number of aryl methyl sites for hydroxylation is 3. The fourth-order valence-corrected chi connectivity index (χ4v) is 7.69. The molecule has 0 bridgehead atoms. The molecule has 1 saturated carbocycles. The Morgan fingerprint density at radius 1 is 0.812 bits per heavy atom. The summed E-state index contributed by atoms with van der Waals surface area (Å²) in [5.74, 6) is -0.430. The van der Waals surface area contributed by atoms with E-state index in [9.17, 15) is 18.0 Å². The highest BCUT2D eigenvalue weighted by molar-refractivity contribution is 7.92. The van der Waals surface area contributed by atoms with E-state index in [0.29, 0.717) is 5.75 Å². The first kappa shape index (κ1) is 34.7. The summed E-state index contributed by atoms with van der Waals surface area (Å²) >= 11 is 0. The van der Waals surface area contributed by atoms with Gasteiger partial charge in [0.1, 0.15) is 18.3 Å². The minimum Gasteiger partial charge on any atom is -0.495 e. The maximum Gasteiger partial charge on any atom is 0.264 e. The van der Waals surface area contributed by atoms with Gasteiger partial charge in [0.2, 0.25) is 11.8 Å². The number of anilines is 1. The Morgan fingerprint density at radius 3 is 2.12 bits per heavy atom. The number of hydrogen-bond donors (Lipinski definition) is 1. The van der Waals surface area contributed by atoms with Crippen LogP contribution >= 0.6 is 0 Å². The summed E-state index contributed by atoms with van der Waals surface area (Å²) in [4.78, 5) is 30.6. The van der Waals surface area contributed by atoms with Gasteiger partial charge in [-0.15, -0.1) is 0 Å². The molecule has 2 amide bonds. The van der Waals surface area contributed by atoms with Gasteiger partial charge in [0.05, 0.1) is 17.7 Å². The number of methoxy groups -OCH3 is 1. The van der Waals surface area contributed by atoms with E-state index in [2.05, 4.69) is 5.32 Å². The molecule has 0 saturated heterocycles. The zero-order valence-electron chi connectivity index (χ0n) is 28.2. The number of nitrogens with one attached hydrogen (secondary N) is 1. The van der Waals surface area contributed by atoms with Gasteiger partial charge in [-0.05, 0) is 74.6 Å². The molecule has 1 aliphatic carbocycles. The van der Waals surface area contributed by atoms with Gasteiger partial charge >= 0.3 is 0 Å². The highest BCUT2D eigenvalue weighted by Gasteiger charge is 2.36. The van der Waals surface area contributed by atoms with E-state index < -0.39 is 28.5 Å². The molecule has 5 rings (SSSR count). The van der Waals surface area contributed by atoms with Gasteiger partial charge < -0.3 is 15.0 Å². The summed E-state index contributed by atoms with van der Waals surface area (Å²) in [6.07, 6.45) is 4.15. The molecule has 4 aromatic carbocycles. The van der Waals surface area contributed by atoms with Gasteiger partial charge in [-0.1, -0.05) is 96.8 Å². The normalized spacial score (nSPS) is 13.9. The number of sulfonamides is 1. The number of rotatable bonds is 13. The van der Waals surface area contributed by atoms with Crippen LogP contribution < -0.4 is 14.4 Å². The van der Waals surface area contributed by atoms with E-state index in [0.717, 1.165) is 57.8 Å². The highest BCUT2D eigenvalue weighted by atomic mass is 32.2. The average Bonchev–Trinajstić information content (AvgIpc) is 3.58. The van der Waals surface area contributed by atoms with E-state index in [1.165, 1.54) is 7.11 Å². The zero-order chi connectivity index (χ0) is 34.3. The molecule has 1 N–H and O–H groups in total. The second-order valence-electron chi connectivity index (χ2n) is 12.7. The minimum atomic E-state index is -4.25. The van der Waals surface area contributed by atoms with Crippen LogP contribution in [0.3, 0.4) is 0 Å². The van der Waals surface area contributed by atoms with E-state index in [4.69, 9.17) is 4.74 Å². The van der Waals surface area contributed by atoms with Gasteiger partial charge in [-0.25, -0.2) is 8.42 Å². The Morgan fingerprint density at radius 2 is 1.46 bits per heavy atom. The second-order valence-corrected chi connectivity index (χ2v) is 14.6. The lowest BCUT2D eigenvalue weighted by Gasteiger charge is -2.34. The third kappa shape index (κ3) is 8.44. The fourth-order valence-electron chi connectivity index (χ4n) is 6.27. The summed E-state index contributed by atoms with van der Waals surface area (Å²) in [6.45, 7) is 5.30. The van der Waals surface area contributed by atoms with Gasteiger partial charge in [0.25, 0.3) is 10.0 Å². The number of nitrogens with zero attached hydrogens (tertiary/aromatic N) is 2. The molecule has 0 spiro atoms. The van der Waals surface area contributed by atoms with Crippen molar-refractivity contribution in [2.24, 2.45) is 0 Å². The van der Waals surface area contributed by atoms with Crippen molar-refractivity contribution in [3.63, 3.8) is 0 Å². The van der Waals surface area contributed by atoms with Gasteiger partial charge in [-0.2, -0.15) is 0 Å². The van der Waals surface area contributed by atoms with Crippen LogP contribution in [0.5, 0.6) is 5.75 Å². The van der Waals surface area contributed by atoms with Crippen LogP contribution in [0.2, 0.25) is 0 Å². The van der Waals surface area contributed by atoms with E-state index >= 15 is 0 Å². The lowest BCUT2D eigenvalue weighted by molar-refractivity contribution is -0.140. The minimum absolute atomic E-state index is 0.0432. The molecule has 0 aromatic heterocycles. The SMILES string of the molecule is COc1ccc(C)cc1N(CC(=O)N(Cc1cccc(C)c1)[C@H](Cc1ccccc1)C(=O)NC1CCCC1)S(=O)(=O)c1ccc(C)cc1. The number of benzene rings is 4. The van der Waals surface area contributed by atoms with Crippen molar-refractivity contribution < 1.29 is 22.7 Å². The number of ether oxygens (including phenoxy) is 1. The van der Waals surface area contributed by atoms with Crippen molar-refractivity contribution >= 4 is 27.5 Å². The standard InChI is InChI=1S/C39H45N3O5S/c1-28-17-20-34(21-18-28)48(45,46)42(35-24-30(3)19-22-37(35)47-4)27-38(43)41(26-32-14-10-11-29(2)23-32)36(25-31-12-6-5-7-13-31)39(44)40-33-15-8-9-16-33/h5-7,10-14,17-24,33,36H,8-9,15-16,25-27H2,1-4H3,(H,40,44)/t36-/m1/s1. The molecular weight excluding hydrogens is 623 g/mol. The van der Waals surface area contributed by atoms with E-state index in [1.807, 2.05) is 81.4 Å². The number of hydrogen-bond acceptors (Lipinski definition) is 5. The molecular formula is C39H45N3O5S. The predicted octanol–water partition coefficient (Wildman–Crippen LogP) is 6.51. The smallest absolute Gasteiger partial charge is 0.264 e. The molecule has 0 unspecified atom stereocenters. The van der Waals surface area contributed by atoms with E-state index in [-0.39, 0.29) is 35.5 Å². The molecule has 0 radical (unpaired) electrons. The molecule has 4 aromatic rings. The first-order valence-corrected chi connectivity index (χ1v) is 17.9. The van der Waals surface area contributed by atoms with Crippen LogP contribution in [0.1, 0.15) is 53.5 Å². The largest absolute Gasteiger partial charge is 0.495 e. The monoisotopic (exact) mass is 667 g/mol. The first-order chi connectivity index (χ1) is 23.0. The molecule has 252 valence electrons. The van der Waals surface area contributed by atoms with Gasteiger partial charge in [-0.3, -0.25) is 13.9 Å². The number of carbonyl (C=O) groups excluding carboxylic acids is 2. The van der Waals surface area contributed by atoms with Crippen molar-refractivity contribution in [3.05, 3.63) is 125 Å². The third-order valence-corrected chi connectivity index (χ3v) is 10.7. The molecule has 48 heavy (non-hydrogen) atoms. The number of amides is 2. The Balaban J connectivity index is 1.60. The van der Waals surface area contributed by atoms with Gasteiger partial charge in [0.15, 0.2) is 0 Å². The Hall–Kier alpha value is -4.63. The average molecular weight is 668 g/mol. The molecule has 0 aliphatic heterocycles. The molecule has 1 fully saturated rings. The highest BCUT2D eigenvalue weighted by Crippen LogP contribution is 2.34. The topological polar surface area (TPSA) is 96.0 Å². The Labute approximate surface area is 284 Å². The summed E-state index contributed by atoms with van der Waals surface area (Å²) in [7, 11) is -2.77. The first-order valence-electron chi connectivity index (χ1n) is 16.5. The molecule has 1 atom stereocenters. The van der Waals surface area contributed by atoms with Crippen molar-refractivity contribution in [2.45, 2.75) is 76.4 Å². The molecule has 8 nitrogen and oxygen atoms in total. The number of carbonyl (C=O) groups is 2. The van der Waals surface area contributed by atoms with Crippen LogP contribution in [-0.4, -0.2) is 50.9 Å². The van der Waals surface area contributed by atoms with Crippen molar-refractivity contribution in [3.8, 4) is 5.75 Å². The van der Waals surface area contributed by atoms with Crippen LogP contribution in [0.25, 0.3) is 0 Å². The third-order valence-electron chi connectivity index (χ3n) is 8.90. The Bertz CT molecular complexity index is 1820. The lowest BCUT2D eigenvalue weighted by Crippen LogP contribution is -2.54. The Kier molecular flexibility index (Phi) is 11.2. The molecule has 9 heteroatoms. The predicted molar refractivity (Wildman–Crippen MR) is 190 cm³/mol. The van der Waals surface area contributed by atoms with Crippen molar-refractivity contribution in [2.75, 3.05) is 18.0 Å². The zero-order valence-corrected chi connectivity index (χ0v) is 29.0. The molecule has 1 aliphatic rings. The quantitative estimate of drug-likeness (QED) is 0.175. The second kappa shape index (κ2) is 15.5. The van der Waals surface area contributed by atoms with Crippen LogP contribution in [0.15, 0.2) is 102 Å². The maximum absolute atomic E-state index is 14.8. The van der Waals surface area contributed by atoms with Crippen LogP contribution in [-0.2, 0) is 32.6 Å². The summed E-state index contributed by atoms with van der Waals surface area (Å²) < 4.78 is 35.6. The summed E-state index contributed by atoms with van der Waals surface area (Å²) in [5, 5.41) is 3.22. The fraction of sp³-hybridized carbons (Fsp3) is 0.333. The van der Waals surface area contributed by atoms with Crippen LogP contribution in [0.4, 0.5) is 5.69 Å². The van der Waals surface area contributed by atoms with Gasteiger partial charge in [0, 0.05) is 19.0 Å². The van der Waals surface area contributed by atoms with E-state index in [1.54, 1.807) is 41.3 Å². The molecule has 0 heterocycles. The van der Waals surface area contributed by atoms with Crippen molar-refractivity contribution in [1.29, 1.82) is 0 Å². The maximum atomic E-state index is 14.8. The summed E-state index contributed by atoms with van der Waals surface area (Å²) in [5.41, 5.74) is 4.72. The van der Waals surface area contributed by atoms with Crippen molar-refractivity contribution in [1.82, 2.24) is 10.2 Å².